The molecule has 2 aromatic rings. The van der Waals surface area contributed by atoms with E-state index in [0.29, 0.717) is 5.03 Å². The first kappa shape index (κ1) is 15.6. The predicted molar refractivity (Wildman–Crippen MR) is 99.0 cm³/mol. The van der Waals surface area contributed by atoms with Crippen LogP contribution >= 0.6 is 11.6 Å². The van der Waals surface area contributed by atoms with Crippen LogP contribution < -0.4 is 4.90 Å². The molecule has 1 aliphatic rings. The van der Waals surface area contributed by atoms with Gasteiger partial charge in [-0.1, -0.05) is 60.1 Å². The lowest BCUT2D eigenvalue weighted by Gasteiger charge is -2.34. The van der Waals surface area contributed by atoms with Crippen LogP contribution in [0.2, 0.25) is 0 Å². The minimum Gasteiger partial charge on any atom is -0.368 e. The van der Waals surface area contributed by atoms with Gasteiger partial charge in [-0.2, -0.15) is 5.10 Å². The molecule has 1 saturated heterocycles. The summed E-state index contributed by atoms with van der Waals surface area (Å²) in [4.78, 5) is 2.38. The number of para-hydroxylation sites is 1. The highest BCUT2D eigenvalue weighted by Gasteiger charge is 2.15. The average molecular weight is 326 g/mol. The van der Waals surface area contributed by atoms with Crippen molar-refractivity contribution in [2.75, 3.05) is 31.1 Å². The first-order valence-corrected chi connectivity index (χ1v) is 8.20. The SMILES string of the molecule is ClC(=C\c1ccccc1)/C=N/N1CCN(c2ccccc2)CC1. The molecule has 0 bridgehead atoms. The summed E-state index contributed by atoms with van der Waals surface area (Å²) in [6.45, 7) is 3.75. The van der Waals surface area contributed by atoms with Gasteiger partial charge in [0.1, 0.15) is 0 Å². The summed E-state index contributed by atoms with van der Waals surface area (Å²) in [5.41, 5.74) is 2.36. The summed E-state index contributed by atoms with van der Waals surface area (Å²) in [6, 6.07) is 20.5. The molecule has 2 aromatic carbocycles. The highest BCUT2D eigenvalue weighted by Crippen LogP contribution is 2.16. The normalized spacial score (nSPS) is 16.1. The molecule has 0 amide bonds. The van der Waals surface area contributed by atoms with Gasteiger partial charge in [0.25, 0.3) is 0 Å². The number of rotatable bonds is 4. The monoisotopic (exact) mass is 325 g/mol. The molecule has 0 saturated carbocycles. The van der Waals surface area contributed by atoms with Crippen molar-refractivity contribution in [1.29, 1.82) is 0 Å². The molecule has 0 spiro atoms. The molecule has 23 heavy (non-hydrogen) atoms. The standard InChI is InChI=1S/C19H20ClN3/c20-18(15-17-7-3-1-4-8-17)16-21-23-13-11-22(12-14-23)19-9-5-2-6-10-19/h1-10,15-16H,11-14H2/b18-15-,21-16+. The van der Waals surface area contributed by atoms with Gasteiger partial charge in [0.05, 0.1) is 24.3 Å². The van der Waals surface area contributed by atoms with E-state index in [1.165, 1.54) is 5.69 Å². The van der Waals surface area contributed by atoms with Crippen molar-refractivity contribution in [3.05, 3.63) is 71.3 Å². The molecule has 0 radical (unpaired) electrons. The molecule has 1 fully saturated rings. The lowest BCUT2D eigenvalue weighted by molar-refractivity contribution is 0.272. The molecule has 118 valence electrons. The van der Waals surface area contributed by atoms with Gasteiger partial charge in [-0.05, 0) is 23.8 Å². The maximum absolute atomic E-state index is 6.23. The van der Waals surface area contributed by atoms with E-state index in [-0.39, 0.29) is 0 Å². The molecule has 0 aliphatic carbocycles. The lowest BCUT2D eigenvalue weighted by atomic mass is 10.2. The molecule has 0 N–H and O–H groups in total. The Morgan fingerprint density at radius 3 is 2.13 bits per heavy atom. The second kappa shape index (κ2) is 7.84. The fourth-order valence-electron chi connectivity index (χ4n) is 2.59. The first-order chi connectivity index (χ1) is 11.3. The van der Waals surface area contributed by atoms with E-state index in [0.717, 1.165) is 31.7 Å². The number of nitrogens with zero attached hydrogens (tertiary/aromatic N) is 3. The van der Waals surface area contributed by atoms with Crippen molar-refractivity contribution in [2.45, 2.75) is 0 Å². The van der Waals surface area contributed by atoms with Crippen LogP contribution in [-0.2, 0) is 0 Å². The average Bonchev–Trinajstić information content (AvgIpc) is 2.62. The largest absolute Gasteiger partial charge is 0.368 e. The van der Waals surface area contributed by atoms with E-state index in [1.54, 1.807) is 6.21 Å². The Morgan fingerprint density at radius 2 is 1.48 bits per heavy atom. The highest BCUT2D eigenvalue weighted by atomic mass is 35.5. The maximum atomic E-state index is 6.23. The fraction of sp³-hybridized carbons (Fsp3) is 0.211. The van der Waals surface area contributed by atoms with Crippen molar-refractivity contribution >= 4 is 29.6 Å². The molecular formula is C19H20ClN3. The minimum atomic E-state index is 0.640. The second-order valence-corrected chi connectivity index (χ2v) is 5.90. The quantitative estimate of drug-likeness (QED) is 0.789. The number of hydrogen-bond acceptors (Lipinski definition) is 3. The Labute approximate surface area is 142 Å². The zero-order valence-corrected chi connectivity index (χ0v) is 13.7. The van der Waals surface area contributed by atoms with E-state index in [9.17, 15) is 0 Å². The molecule has 1 heterocycles. The van der Waals surface area contributed by atoms with Crippen LogP contribution in [0.5, 0.6) is 0 Å². The number of hydrogen-bond donors (Lipinski definition) is 0. The number of anilines is 1. The summed E-state index contributed by atoms with van der Waals surface area (Å²) in [6.07, 6.45) is 3.65. The van der Waals surface area contributed by atoms with Crippen molar-refractivity contribution < 1.29 is 0 Å². The van der Waals surface area contributed by atoms with Gasteiger partial charge >= 0.3 is 0 Å². The Balaban J connectivity index is 1.53. The lowest BCUT2D eigenvalue weighted by Crippen LogP contribution is -2.44. The minimum absolute atomic E-state index is 0.640. The molecule has 0 unspecified atom stereocenters. The van der Waals surface area contributed by atoms with Crippen LogP contribution in [0, 0.1) is 0 Å². The topological polar surface area (TPSA) is 18.8 Å². The van der Waals surface area contributed by atoms with Crippen molar-refractivity contribution in [3.63, 3.8) is 0 Å². The summed E-state index contributed by atoms with van der Waals surface area (Å²) < 4.78 is 0. The van der Waals surface area contributed by atoms with Crippen LogP contribution in [0.15, 0.2) is 70.8 Å². The molecule has 4 heteroatoms. The van der Waals surface area contributed by atoms with Gasteiger partial charge in [-0.25, -0.2) is 0 Å². The van der Waals surface area contributed by atoms with Crippen molar-refractivity contribution in [1.82, 2.24) is 5.01 Å². The number of halogens is 1. The van der Waals surface area contributed by atoms with Crippen molar-refractivity contribution in [2.24, 2.45) is 5.10 Å². The van der Waals surface area contributed by atoms with Crippen LogP contribution in [0.1, 0.15) is 5.56 Å². The van der Waals surface area contributed by atoms with Gasteiger partial charge in [-0.15, -0.1) is 0 Å². The maximum Gasteiger partial charge on any atom is 0.0657 e. The number of allylic oxidation sites excluding steroid dienone is 1. The summed E-state index contributed by atoms with van der Waals surface area (Å²) >= 11 is 6.23. The third-order valence-electron chi connectivity index (χ3n) is 3.83. The summed E-state index contributed by atoms with van der Waals surface area (Å²) in [7, 11) is 0. The van der Waals surface area contributed by atoms with E-state index in [1.807, 2.05) is 42.5 Å². The van der Waals surface area contributed by atoms with Crippen molar-refractivity contribution in [3.8, 4) is 0 Å². The Morgan fingerprint density at radius 1 is 0.870 bits per heavy atom. The number of benzene rings is 2. The molecule has 3 nitrogen and oxygen atoms in total. The van der Waals surface area contributed by atoms with Crippen LogP contribution in [-0.4, -0.2) is 37.4 Å². The molecule has 0 aromatic heterocycles. The predicted octanol–water partition coefficient (Wildman–Crippen LogP) is 4.07. The Bertz CT molecular complexity index is 660. The third kappa shape index (κ3) is 4.60. The smallest absolute Gasteiger partial charge is 0.0657 e. The van der Waals surface area contributed by atoms with Gasteiger partial charge in [0.2, 0.25) is 0 Å². The molecule has 1 aliphatic heterocycles. The van der Waals surface area contributed by atoms with E-state index in [4.69, 9.17) is 11.6 Å². The van der Waals surface area contributed by atoms with Crippen LogP contribution in [0.3, 0.4) is 0 Å². The van der Waals surface area contributed by atoms with Crippen LogP contribution in [0.4, 0.5) is 5.69 Å². The van der Waals surface area contributed by atoms with Gasteiger partial charge in [0.15, 0.2) is 0 Å². The number of piperazine rings is 1. The molecule has 0 atom stereocenters. The zero-order chi connectivity index (χ0) is 15.9. The zero-order valence-electron chi connectivity index (χ0n) is 13.0. The summed E-state index contributed by atoms with van der Waals surface area (Å²) in [5.74, 6) is 0. The Hall–Kier alpha value is -2.26. The fourth-order valence-corrected chi connectivity index (χ4v) is 2.76. The first-order valence-electron chi connectivity index (χ1n) is 7.82. The highest BCUT2D eigenvalue weighted by molar-refractivity contribution is 6.41. The molecule has 3 rings (SSSR count). The second-order valence-electron chi connectivity index (χ2n) is 5.46. The van der Waals surface area contributed by atoms with Crippen LogP contribution in [0.25, 0.3) is 6.08 Å². The van der Waals surface area contributed by atoms with Gasteiger partial charge in [-0.3, -0.25) is 5.01 Å². The summed E-state index contributed by atoms with van der Waals surface area (Å²) in [5, 5.41) is 7.20. The van der Waals surface area contributed by atoms with Gasteiger partial charge in [0, 0.05) is 18.8 Å². The van der Waals surface area contributed by atoms with E-state index >= 15 is 0 Å². The van der Waals surface area contributed by atoms with E-state index in [2.05, 4.69) is 39.3 Å². The third-order valence-corrected chi connectivity index (χ3v) is 4.03. The Kier molecular flexibility index (Phi) is 5.33. The van der Waals surface area contributed by atoms with Gasteiger partial charge < -0.3 is 4.90 Å². The van der Waals surface area contributed by atoms with E-state index < -0.39 is 0 Å². The molecular weight excluding hydrogens is 306 g/mol. The number of hydrazone groups is 1.